The third-order valence-corrected chi connectivity index (χ3v) is 4.15. The number of aliphatic hydroxyl groups is 1. The summed E-state index contributed by atoms with van der Waals surface area (Å²) < 4.78 is 0. The number of aromatic nitrogens is 2. The third-order valence-electron chi connectivity index (χ3n) is 3.82. The van der Waals surface area contributed by atoms with Gasteiger partial charge in [0.2, 0.25) is 0 Å². The van der Waals surface area contributed by atoms with Gasteiger partial charge in [-0.25, -0.2) is 9.97 Å². The molecule has 2 heterocycles. The molecule has 1 aliphatic rings. The predicted molar refractivity (Wildman–Crippen MR) is 76.5 cm³/mol. The predicted octanol–water partition coefficient (Wildman–Crippen LogP) is 1.54. The van der Waals surface area contributed by atoms with Crippen molar-refractivity contribution < 1.29 is 5.11 Å². The second-order valence-corrected chi connectivity index (χ2v) is 5.09. The average molecular weight is 285 g/mol. The van der Waals surface area contributed by atoms with Crippen molar-refractivity contribution in [3.8, 4) is 0 Å². The Bertz CT molecular complexity index is 425. The number of likely N-dealkylation sites (N-methyl/N-ethyl adjacent to an activating group) is 1. The van der Waals surface area contributed by atoms with Crippen LogP contribution in [0.5, 0.6) is 0 Å². The molecule has 0 saturated carbocycles. The number of hydrogen-bond acceptors (Lipinski definition) is 5. The number of halogens is 1. The molecule has 1 aromatic heterocycles. The van der Waals surface area contributed by atoms with Gasteiger partial charge < -0.3 is 10.0 Å². The maximum Gasteiger partial charge on any atom is 0.140 e. The van der Waals surface area contributed by atoms with Crippen molar-refractivity contribution >= 4 is 17.4 Å². The molecule has 0 spiro atoms. The lowest BCUT2D eigenvalue weighted by molar-refractivity contribution is 0.232. The highest BCUT2D eigenvalue weighted by atomic mass is 35.5. The first-order chi connectivity index (χ1) is 9.21. The van der Waals surface area contributed by atoms with Gasteiger partial charge in [0, 0.05) is 19.1 Å². The van der Waals surface area contributed by atoms with E-state index in [-0.39, 0.29) is 6.61 Å². The van der Waals surface area contributed by atoms with Crippen molar-refractivity contribution in [1.29, 1.82) is 0 Å². The number of anilines is 1. The zero-order valence-corrected chi connectivity index (χ0v) is 12.3. The van der Waals surface area contributed by atoms with E-state index in [1.807, 2.05) is 0 Å². The molecule has 1 N–H and O–H groups in total. The van der Waals surface area contributed by atoms with Crippen LogP contribution in [0.1, 0.15) is 25.8 Å². The monoisotopic (exact) mass is 284 g/mol. The largest absolute Gasteiger partial charge is 0.391 e. The standard InChI is InChI=1S/C13H21ClN4O/c1-3-17(4-2)10-5-6-18(7-10)13-11(8-19)12(14)15-9-16-13/h9-10,19H,3-8H2,1-2H3. The van der Waals surface area contributed by atoms with Crippen LogP contribution in [-0.2, 0) is 6.61 Å². The minimum absolute atomic E-state index is 0.124. The molecule has 1 aromatic rings. The van der Waals surface area contributed by atoms with Crippen molar-refractivity contribution in [2.24, 2.45) is 0 Å². The van der Waals surface area contributed by atoms with Crippen molar-refractivity contribution in [1.82, 2.24) is 14.9 Å². The molecule has 0 bridgehead atoms. The van der Waals surface area contributed by atoms with E-state index in [9.17, 15) is 5.11 Å². The zero-order chi connectivity index (χ0) is 13.8. The van der Waals surface area contributed by atoms with Crippen molar-refractivity contribution in [3.05, 3.63) is 17.0 Å². The van der Waals surface area contributed by atoms with Gasteiger partial charge in [0.05, 0.1) is 12.2 Å². The minimum atomic E-state index is -0.124. The van der Waals surface area contributed by atoms with Gasteiger partial charge in [-0.05, 0) is 19.5 Å². The Hall–Kier alpha value is -0.910. The highest BCUT2D eigenvalue weighted by Crippen LogP contribution is 2.27. The molecule has 1 atom stereocenters. The van der Waals surface area contributed by atoms with Crippen LogP contribution >= 0.6 is 11.6 Å². The first-order valence-corrected chi connectivity index (χ1v) is 7.18. The Morgan fingerprint density at radius 3 is 2.79 bits per heavy atom. The topological polar surface area (TPSA) is 52.5 Å². The summed E-state index contributed by atoms with van der Waals surface area (Å²) in [4.78, 5) is 12.9. The van der Waals surface area contributed by atoms with Gasteiger partial charge in [-0.15, -0.1) is 0 Å². The van der Waals surface area contributed by atoms with Crippen molar-refractivity contribution in [2.75, 3.05) is 31.1 Å². The molecule has 0 amide bonds. The van der Waals surface area contributed by atoms with Crippen LogP contribution < -0.4 is 4.90 Å². The van der Waals surface area contributed by atoms with Gasteiger partial charge in [0.1, 0.15) is 17.3 Å². The first-order valence-electron chi connectivity index (χ1n) is 6.80. The Kier molecular flexibility index (Phi) is 4.96. The number of aliphatic hydroxyl groups excluding tert-OH is 1. The number of nitrogens with zero attached hydrogens (tertiary/aromatic N) is 4. The van der Waals surface area contributed by atoms with E-state index in [0.29, 0.717) is 16.8 Å². The Morgan fingerprint density at radius 2 is 2.16 bits per heavy atom. The van der Waals surface area contributed by atoms with E-state index in [4.69, 9.17) is 11.6 Å². The molecule has 6 heteroatoms. The number of rotatable bonds is 5. The maximum absolute atomic E-state index is 9.43. The van der Waals surface area contributed by atoms with Crippen LogP contribution in [0.15, 0.2) is 6.33 Å². The van der Waals surface area contributed by atoms with Crippen LogP contribution in [0.3, 0.4) is 0 Å². The third kappa shape index (κ3) is 2.99. The summed E-state index contributed by atoms with van der Waals surface area (Å²) in [6.45, 7) is 8.25. The lowest BCUT2D eigenvalue weighted by atomic mass is 10.2. The Labute approximate surface area is 119 Å². The second-order valence-electron chi connectivity index (χ2n) is 4.73. The van der Waals surface area contributed by atoms with Gasteiger partial charge in [-0.1, -0.05) is 25.4 Å². The van der Waals surface area contributed by atoms with Gasteiger partial charge in [0.25, 0.3) is 0 Å². The van der Waals surface area contributed by atoms with E-state index in [0.717, 1.165) is 38.4 Å². The van der Waals surface area contributed by atoms with E-state index in [2.05, 4.69) is 33.6 Å². The molecule has 19 heavy (non-hydrogen) atoms. The quantitative estimate of drug-likeness (QED) is 0.832. The molecule has 1 aliphatic heterocycles. The van der Waals surface area contributed by atoms with Crippen LogP contribution in [0.25, 0.3) is 0 Å². The molecule has 106 valence electrons. The lowest BCUT2D eigenvalue weighted by Gasteiger charge is -2.26. The summed E-state index contributed by atoms with van der Waals surface area (Å²) in [7, 11) is 0. The SMILES string of the molecule is CCN(CC)C1CCN(c2ncnc(Cl)c2CO)C1. The van der Waals surface area contributed by atoms with Gasteiger partial charge >= 0.3 is 0 Å². The highest BCUT2D eigenvalue weighted by Gasteiger charge is 2.28. The van der Waals surface area contributed by atoms with E-state index in [1.54, 1.807) is 0 Å². The highest BCUT2D eigenvalue weighted by molar-refractivity contribution is 6.30. The summed E-state index contributed by atoms with van der Waals surface area (Å²) in [5.41, 5.74) is 0.629. The van der Waals surface area contributed by atoms with Crippen LogP contribution in [-0.4, -0.2) is 52.2 Å². The van der Waals surface area contributed by atoms with Crippen LogP contribution in [0, 0.1) is 0 Å². The molecule has 0 radical (unpaired) electrons. The fourth-order valence-electron chi connectivity index (χ4n) is 2.76. The van der Waals surface area contributed by atoms with Gasteiger partial charge in [0.15, 0.2) is 0 Å². The van der Waals surface area contributed by atoms with Crippen molar-refractivity contribution in [3.63, 3.8) is 0 Å². The zero-order valence-electron chi connectivity index (χ0n) is 11.5. The summed E-state index contributed by atoms with van der Waals surface area (Å²) >= 11 is 6.01. The molecular weight excluding hydrogens is 264 g/mol. The van der Waals surface area contributed by atoms with E-state index >= 15 is 0 Å². The normalized spacial score (nSPS) is 19.4. The Morgan fingerprint density at radius 1 is 1.42 bits per heavy atom. The molecule has 2 rings (SSSR count). The average Bonchev–Trinajstić information content (AvgIpc) is 2.89. The fraction of sp³-hybridized carbons (Fsp3) is 0.692. The Balaban J connectivity index is 2.15. The molecule has 0 aromatic carbocycles. The first kappa shape index (κ1) is 14.5. The molecule has 0 aliphatic carbocycles. The second kappa shape index (κ2) is 6.50. The molecule has 5 nitrogen and oxygen atoms in total. The van der Waals surface area contributed by atoms with Gasteiger partial charge in [-0.2, -0.15) is 0 Å². The van der Waals surface area contributed by atoms with Crippen LogP contribution in [0.2, 0.25) is 5.15 Å². The van der Waals surface area contributed by atoms with Gasteiger partial charge in [-0.3, -0.25) is 4.90 Å². The fourth-order valence-corrected chi connectivity index (χ4v) is 2.95. The minimum Gasteiger partial charge on any atom is -0.391 e. The molecule has 1 unspecified atom stereocenters. The molecular formula is C13H21ClN4O. The summed E-state index contributed by atoms with van der Waals surface area (Å²) in [6.07, 6.45) is 2.58. The molecule has 1 fully saturated rings. The number of hydrogen-bond donors (Lipinski definition) is 1. The lowest BCUT2D eigenvalue weighted by Crippen LogP contribution is -2.37. The molecule has 1 saturated heterocycles. The van der Waals surface area contributed by atoms with Crippen LogP contribution in [0.4, 0.5) is 5.82 Å². The summed E-state index contributed by atoms with van der Waals surface area (Å²) in [5.74, 6) is 0.775. The summed E-state index contributed by atoms with van der Waals surface area (Å²) in [5, 5.41) is 9.77. The smallest absolute Gasteiger partial charge is 0.140 e. The van der Waals surface area contributed by atoms with Crippen molar-refractivity contribution in [2.45, 2.75) is 32.9 Å². The maximum atomic E-state index is 9.43. The summed E-state index contributed by atoms with van der Waals surface area (Å²) in [6, 6.07) is 0.551. The van der Waals surface area contributed by atoms with E-state index in [1.165, 1.54) is 6.33 Å². The van der Waals surface area contributed by atoms with E-state index < -0.39 is 0 Å².